The SMILES string of the molecule is Cc1nc(N2CCCC2)cc(N2CCN(C(=O)c3cc(-c4ccc(F)cc4)nn3C)CC2)n1. The molecule has 2 saturated heterocycles. The molecule has 2 aliphatic rings. The number of rotatable bonds is 4. The van der Waals surface area contributed by atoms with Crippen LogP contribution in [0.4, 0.5) is 16.0 Å². The van der Waals surface area contributed by atoms with Crippen LogP contribution in [0.5, 0.6) is 0 Å². The lowest BCUT2D eigenvalue weighted by Crippen LogP contribution is -2.49. The lowest BCUT2D eigenvalue weighted by molar-refractivity contribution is 0.0735. The first-order valence-electron chi connectivity index (χ1n) is 11.4. The molecule has 33 heavy (non-hydrogen) atoms. The molecule has 1 amide bonds. The molecule has 1 aromatic carbocycles. The second-order valence-electron chi connectivity index (χ2n) is 8.65. The Morgan fingerprint density at radius 1 is 0.879 bits per heavy atom. The van der Waals surface area contributed by atoms with Crippen LogP contribution in [-0.4, -0.2) is 69.8 Å². The zero-order valence-electron chi connectivity index (χ0n) is 19.0. The Kier molecular flexibility index (Phi) is 5.70. The van der Waals surface area contributed by atoms with Gasteiger partial charge in [-0.2, -0.15) is 5.10 Å². The lowest BCUT2D eigenvalue weighted by Gasteiger charge is -2.35. The number of anilines is 2. The van der Waals surface area contributed by atoms with E-state index in [0.29, 0.717) is 37.6 Å². The number of aryl methyl sites for hydroxylation is 2. The van der Waals surface area contributed by atoms with Gasteiger partial charge in [-0.1, -0.05) is 0 Å². The highest BCUT2D eigenvalue weighted by Crippen LogP contribution is 2.24. The van der Waals surface area contributed by atoms with Crippen LogP contribution in [0.3, 0.4) is 0 Å². The summed E-state index contributed by atoms with van der Waals surface area (Å²) in [6.07, 6.45) is 2.41. The van der Waals surface area contributed by atoms with E-state index < -0.39 is 0 Å². The van der Waals surface area contributed by atoms with Gasteiger partial charge in [-0.3, -0.25) is 9.48 Å². The molecule has 0 radical (unpaired) electrons. The van der Waals surface area contributed by atoms with Crippen LogP contribution in [0, 0.1) is 12.7 Å². The largest absolute Gasteiger partial charge is 0.356 e. The minimum atomic E-state index is -0.296. The highest BCUT2D eigenvalue weighted by Gasteiger charge is 2.26. The summed E-state index contributed by atoms with van der Waals surface area (Å²) in [7, 11) is 1.76. The topological polar surface area (TPSA) is 70.4 Å². The minimum absolute atomic E-state index is 0.0466. The van der Waals surface area contributed by atoms with E-state index in [1.54, 1.807) is 29.9 Å². The fourth-order valence-corrected chi connectivity index (χ4v) is 4.54. The molecular formula is C24H28FN7O. The summed E-state index contributed by atoms with van der Waals surface area (Å²) in [5.41, 5.74) is 1.96. The fourth-order valence-electron chi connectivity index (χ4n) is 4.54. The average molecular weight is 450 g/mol. The first kappa shape index (κ1) is 21.4. The Labute approximate surface area is 192 Å². The van der Waals surface area contributed by atoms with E-state index in [1.165, 1.54) is 25.0 Å². The summed E-state index contributed by atoms with van der Waals surface area (Å²) in [6, 6.07) is 9.99. The molecule has 2 fully saturated rings. The van der Waals surface area contributed by atoms with Crippen LogP contribution in [0.1, 0.15) is 29.2 Å². The molecule has 8 nitrogen and oxygen atoms in total. The molecule has 0 saturated carbocycles. The molecule has 4 heterocycles. The smallest absolute Gasteiger partial charge is 0.272 e. The van der Waals surface area contributed by atoms with Crippen molar-refractivity contribution in [2.24, 2.45) is 7.05 Å². The zero-order chi connectivity index (χ0) is 22.9. The molecule has 0 spiro atoms. The van der Waals surface area contributed by atoms with E-state index in [1.807, 2.05) is 11.8 Å². The summed E-state index contributed by atoms with van der Waals surface area (Å²) < 4.78 is 14.8. The average Bonchev–Trinajstić information content (AvgIpc) is 3.49. The van der Waals surface area contributed by atoms with Crippen molar-refractivity contribution in [3.63, 3.8) is 0 Å². The van der Waals surface area contributed by atoms with Gasteiger partial charge >= 0.3 is 0 Å². The molecule has 2 aromatic heterocycles. The van der Waals surface area contributed by atoms with Crippen LogP contribution < -0.4 is 9.80 Å². The molecule has 0 unspecified atom stereocenters. The number of hydrogen-bond acceptors (Lipinski definition) is 6. The third kappa shape index (κ3) is 4.40. The maximum absolute atomic E-state index is 13.2. The van der Waals surface area contributed by atoms with E-state index in [-0.39, 0.29) is 11.7 Å². The highest BCUT2D eigenvalue weighted by molar-refractivity contribution is 5.94. The summed E-state index contributed by atoms with van der Waals surface area (Å²) in [4.78, 5) is 28.9. The van der Waals surface area contributed by atoms with Gasteiger partial charge in [-0.25, -0.2) is 14.4 Å². The number of amides is 1. The number of nitrogens with zero attached hydrogens (tertiary/aromatic N) is 7. The van der Waals surface area contributed by atoms with E-state index in [0.717, 1.165) is 36.1 Å². The number of halogens is 1. The molecule has 0 atom stereocenters. The summed E-state index contributed by atoms with van der Waals surface area (Å²) in [5.74, 6) is 2.35. The summed E-state index contributed by atoms with van der Waals surface area (Å²) in [6.45, 7) is 6.67. The van der Waals surface area contributed by atoms with Gasteiger partial charge in [0.1, 0.15) is 29.0 Å². The maximum atomic E-state index is 13.2. The van der Waals surface area contributed by atoms with Crippen molar-refractivity contribution in [2.45, 2.75) is 19.8 Å². The molecule has 172 valence electrons. The van der Waals surface area contributed by atoms with Crippen molar-refractivity contribution in [2.75, 3.05) is 49.1 Å². The maximum Gasteiger partial charge on any atom is 0.272 e. The van der Waals surface area contributed by atoms with Crippen molar-refractivity contribution >= 4 is 17.5 Å². The standard InChI is InChI=1S/C24H28FN7O/c1-17-26-22(30-9-3-4-10-30)16-23(27-17)31-11-13-32(14-12-31)24(33)21-15-20(28-29(21)2)18-5-7-19(25)8-6-18/h5-8,15-16H,3-4,9-14H2,1-2H3. The van der Waals surface area contributed by atoms with Gasteiger partial charge < -0.3 is 14.7 Å². The molecule has 3 aromatic rings. The predicted octanol–water partition coefficient (Wildman–Crippen LogP) is 2.89. The van der Waals surface area contributed by atoms with Gasteiger partial charge in [-0.05, 0) is 50.1 Å². The third-order valence-electron chi connectivity index (χ3n) is 6.37. The molecule has 9 heteroatoms. The number of carbonyl (C=O) groups excluding carboxylic acids is 1. The Morgan fingerprint density at radius 3 is 2.12 bits per heavy atom. The number of aromatic nitrogens is 4. The van der Waals surface area contributed by atoms with Gasteiger partial charge in [0.25, 0.3) is 5.91 Å². The quantitative estimate of drug-likeness (QED) is 0.610. The first-order chi connectivity index (χ1) is 16.0. The van der Waals surface area contributed by atoms with Gasteiger partial charge in [0.2, 0.25) is 0 Å². The molecule has 2 aliphatic heterocycles. The second-order valence-corrected chi connectivity index (χ2v) is 8.65. The van der Waals surface area contributed by atoms with Crippen LogP contribution >= 0.6 is 0 Å². The van der Waals surface area contributed by atoms with Crippen molar-refractivity contribution in [1.82, 2.24) is 24.6 Å². The van der Waals surface area contributed by atoms with Crippen molar-refractivity contribution < 1.29 is 9.18 Å². The molecule has 0 N–H and O–H groups in total. The fraction of sp³-hybridized carbons (Fsp3) is 0.417. The van der Waals surface area contributed by atoms with Crippen molar-refractivity contribution in [3.05, 3.63) is 53.7 Å². The summed E-state index contributed by atoms with van der Waals surface area (Å²) >= 11 is 0. The molecule has 0 bridgehead atoms. The van der Waals surface area contributed by atoms with Gasteiger partial charge in [0, 0.05) is 57.9 Å². The van der Waals surface area contributed by atoms with E-state index in [2.05, 4.69) is 30.9 Å². The van der Waals surface area contributed by atoms with Crippen molar-refractivity contribution in [3.8, 4) is 11.3 Å². The number of benzene rings is 1. The molecular weight excluding hydrogens is 421 g/mol. The molecule has 5 rings (SSSR count). The normalized spacial score (nSPS) is 16.5. The highest BCUT2D eigenvalue weighted by atomic mass is 19.1. The number of piperazine rings is 1. The Hall–Kier alpha value is -3.49. The van der Waals surface area contributed by atoms with Crippen LogP contribution in [0.25, 0.3) is 11.3 Å². The Bertz CT molecular complexity index is 1150. The Balaban J connectivity index is 1.27. The van der Waals surface area contributed by atoms with Crippen LogP contribution in [-0.2, 0) is 7.05 Å². The number of hydrogen-bond donors (Lipinski definition) is 0. The van der Waals surface area contributed by atoms with E-state index in [4.69, 9.17) is 0 Å². The van der Waals surface area contributed by atoms with Gasteiger partial charge in [0.15, 0.2) is 0 Å². The van der Waals surface area contributed by atoms with Crippen molar-refractivity contribution in [1.29, 1.82) is 0 Å². The Morgan fingerprint density at radius 2 is 1.48 bits per heavy atom. The lowest BCUT2D eigenvalue weighted by atomic mass is 10.1. The summed E-state index contributed by atoms with van der Waals surface area (Å²) in [5, 5.41) is 4.46. The van der Waals surface area contributed by atoms with Gasteiger partial charge in [0.05, 0.1) is 5.69 Å². The van der Waals surface area contributed by atoms with E-state index in [9.17, 15) is 9.18 Å². The van der Waals surface area contributed by atoms with Crippen LogP contribution in [0.15, 0.2) is 36.4 Å². The molecule has 0 aliphatic carbocycles. The monoisotopic (exact) mass is 449 g/mol. The van der Waals surface area contributed by atoms with Gasteiger partial charge in [-0.15, -0.1) is 0 Å². The van der Waals surface area contributed by atoms with E-state index >= 15 is 0 Å². The van der Waals surface area contributed by atoms with Crippen LogP contribution in [0.2, 0.25) is 0 Å². The predicted molar refractivity (Wildman–Crippen MR) is 125 cm³/mol. The first-order valence-corrected chi connectivity index (χ1v) is 11.4. The zero-order valence-corrected chi connectivity index (χ0v) is 19.0. The third-order valence-corrected chi connectivity index (χ3v) is 6.37. The second kappa shape index (κ2) is 8.80. The minimum Gasteiger partial charge on any atom is -0.356 e. The number of carbonyl (C=O) groups is 1.